The summed E-state index contributed by atoms with van der Waals surface area (Å²) in [7, 11) is -5.12. The van der Waals surface area contributed by atoms with Crippen molar-refractivity contribution < 1.29 is 47.3 Å². The zero-order valence-corrected chi connectivity index (χ0v) is 37.2. The Labute approximate surface area is 349 Å². The molecule has 6 aromatic rings. The molecule has 0 spiro atoms. The second kappa shape index (κ2) is 18.8. The van der Waals surface area contributed by atoms with Crippen LogP contribution in [-0.4, -0.2) is 35.6 Å². The van der Waals surface area contributed by atoms with Gasteiger partial charge in [-0.15, -0.1) is 0 Å². The minimum atomic E-state index is -4.22. The normalized spacial score (nSPS) is 10.9. The summed E-state index contributed by atoms with van der Waals surface area (Å²) in [4.78, 5) is 25.1. The molecule has 0 unspecified atom stereocenters. The van der Waals surface area contributed by atoms with Gasteiger partial charge < -0.3 is 20.4 Å². The summed E-state index contributed by atoms with van der Waals surface area (Å²) in [5, 5.41) is 0.370. The van der Waals surface area contributed by atoms with Gasteiger partial charge >= 0.3 is 19.5 Å². The van der Waals surface area contributed by atoms with E-state index in [-0.39, 0.29) is 71.7 Å². The first-order valence-corrected chi connectivity index (χ1v) is 19.4. The Hall–Kier alpha value is -3.90. The number of benzene rings is 4. The van der Waals surface area contributed by atoms with Gasteiger partial charge in [0.2, 0.25) is 0 Å². The van der Waals surface area contributed by atoms with Crippen molar-refractivity contribution in [3.63, 3.8) is 0 Å². The van der Waals surface area contributed by atoms with Crippen molar-refractivity contribution in [2.75, 3.05) is 0 Å². The van der Waals surface area contributed by atoms with Crippen LogP contribution < -0.4 is 11.1 Å². The van der Waals surface area contributed by atoms with E-state index in [2.05, 4.69) is 9.44 Å². The molecule has 0 saturated carbocycles. The quantitative estimate of drug-likeness (QED) is 0.122. The monoisotopic (exact) mass is 922 g/mol. The van der Waals surface area contributed by atoms with Gasteiger partial charge in [0.1, 0.15) is 20.0 Å². The number of sulfonamides is 2. The predicted molar refractivity (Wildman–Crippen MR) is 215 cm³/mol. The molecule has 2 heterocycles. The fourth-order valence-electron chi connectivity index (χ4n) is 5.01. The summed E-state index contributed by atoms with van der Waals surface area (Å²) in [6, 6.07) is 25.8. The molecule has 6 rings (SSSR count). The van der Waals surface area contributed by atoms with Crippen LogP contribution in [0.2, 0.25) is 20.1 Å². The van der Waals surface area contributed by atoms with Gasteiger partial charge in [0, 0.05) is 35.5 Å². The van der Waals surface area contributed by atoms with Gasteiger partial charge in [-0.3, -0.25) is 19.0 Å². The van der Waals surface area contributed by atoms with Crippen molar-refractivity contribution in [3.05, 3.63) is 159 Å². The predicted octanol–water partition coefficient (Wildman–Crippen LogP) is 6.52. The van der Waals surface area contributed by atoms with Crippen LogP contribution in [-0.2, 0) is 64.6 Å². The summed E-state index contributed by atoms with van der Waals surface area (Å²) in [5.41, 5.74) is 0.572. The maximum atomic E-state index is 12.8. The molecule has 0 aliphatic carbocycles. The minimum absolute atomic E-state index is 0. The molecule has 0 aliphatic rings. The van der Waals surface area contributed by atoms with E-state index in [9.17, 15) is 26.4 Å². The summed E-state index contributed by atoms with van der Waals surface area (Å²) in [6.45, 7) is 3.24. The molecule has 21 heteroatoms. The second-order valence-electron chi connectivity index (χ2n) is 11.1. The molecule has 0 atom stereocenters. The van der Waals surface area contributed by atoms with Crippen LogP contribution in [0.1, 0.15) is 11.4 Å². The largest absolute Gasteiger partial charge is 2.00 e. The van der Waals surface area contributed by atoms with Gasteiger partial charge in [0.15, 0.2) is 0 Å². The molecule has 0 fully saturated rings. The van der Waals surface area contributed by atoms with Gasteiger partial charge in [0.25, 0.3) is 11.1 Å². The molecule has 55 heavy (non-hydrogen) atoms. The SMILES string of the molecule is Cc1c([N-]S(=O)(=O)c2cc(Cl)ccc2Cl)c(=O)n(-c2ccccc2)n1C.Cc1c([N-]S(=O)(=O)c2cc(Cl)ccc2Cl)c(=O)n(-c2ccccc2)n1C.[OH3+].[OH3+].[Zn+2]. The van der Waals surface area contributed by atoms with E-state index in [4.69, 9.17) is 46.4 Å². The Bertz CT molecular complexity index is 2470. The third-order valence-corrected chi connectivity index (χ3v) is 11.8. The summed E-state index contributed by atoms with van der Waals surface area (Å²) >= 11 is 23.7. The third-order valence-electron chi connectivity index (χ3n) is 7.81. The average molecular weight is 926 g/mol. The molecular formula is C34H34Cl4N6O8S2Zn+2. The first-order valence-electron chi connectivity index (χ1n) is 15.0. The third kappa shape index (κ3) is 9.92. The number of halogens is 4. The van der Waals surface area contributed by atoms with Crippen LogP contribution in [0.3, 0.4) is 0 Å². The zero-order chi connectivity index (χ0) is 38.1. The van der Waals surface area contributed by atoms with E-state index < -0.39 is 31.2 Å². The van der Waals surface area contributed by atoms with E-state index in [1.165, 1.54) is 45.8 Å². The van der Waals surface area contributed by atoms with E-state index >= 15 is 0 Å². The fourth-order valence-corrected chi connectivity index (χ4v) is 8.58. The van der Waals surface area contributed by atoms with Crippen LogP contribution in [0.5, 0.6) is 0 Å². The first-order chi connectivity index (χ1) is 24.4. The second-order valence-corrected chi connectivity index (χ2v) is 15.9. The molecule has 0 bridgehead atoms. The summed E-state index contributed by atoms with van der Waals surface area (Å²) in [6.07, 6.45) is 0. The Morgan fingerprint density at radius 3 is 1.15 bits per heavy atom. The summed E-state index contributed by atoms with van der Waals surface area (Å²) < 4.78 is 64.0. The number of hydrogen-bond donors (Lipinski definition) is 0. The standard InChI is InChI=1S/2C17H14Cl2N3O3S.2H2O.Zn/c2*1-11-16(17(23)22(21(11)2)13-6-4-3-5-7-13)20-26(24,25)15-10-12(18)8-9-14(15)19;;;/h2*3-10H,1-2H3;2*1H2;/q2*-1;;;+2/p+2. The van der Waals surface area contributed by atoms with Gasteiger partial charge in [-0.05, 0) is 85.9 Å². The molecule has 288 valence electrons. The maximum absolute atomic E-state index is 12.8. The maximum Gasteiger partial charge on any atom is 2.00 e. The van der Waals surface area contributed by atoms with E-state index in [0.29, 0.717) is 22.8 Å². The Morgan fingerprint density at radius 1 is 0.527 bits per heavy atom. The molecule has 2 aromatic heterocycles. The first kappa shape index (κ1) is 47.3. The Balaban J connectivity index is 0.000000360. The molecule has 6 N–H and O–H groups in total. The number of nitrogens with zero attached hydrogens (tertiary/aromatic N) is 6. The van der Waals surface area contributed by atoms with Crippen LogP contribution >= 0.6 is 46.4 Å². The molecular weight excluding hydrogens is 892 g/mol. The topological polar surface area (TPSA) is 216 Å². The molecule has 4 aromatic carbocycles. The molecule has 0 amide bonds. The van der Waals surface area contributed by atoms with Gasteiger partial charge in [-0.25, -0.2) is 26.2 Å². The van der Waals surface area contributed by atoms with Crippen molar-refractivity contribution in [1.29, 1.82) is 0 Å². The van der Waals surface area contributed by atoms with Gasteiger partial charge in [-0.1, -0.05) is 82.8 Å². The van der Waals surface area contributed by atoms with Crippen molar-refractivity contribution in [2.45, 2.75) is 23.6 Å². The molecule has 0 saturated heterocycles. The van der Waals surface area contributed by atoms with Crippen molar-refractivity contribution in [1.82, 2.24) is 18.7 Å². The van der Waals surface area contributed by atoms with Gasteiger partial charge in [0.05, 0.1) is 31.2 Å². The number of aromatic nitrogens is 4. The zero-order valence-electron chi connectivity index (χ0n) is 29.6. The Morgan fingerprint density at radius 2 is 0.836 bits per heavy atom. The van der Waals surface area contributed by atoms with Crippen LogP contribution in [0, 0.1) is 13.8 Å². The van der Waals surface area contributed by atoms with E-state index in [1.54, 1.807) is 85.8 Å². The minimum Gasteiger partial charge on any atom is -0.567 e. The molecule has 0 aliphatic heterocycles. The summed E-state index contributed by atoms with van der Waals surface area (Å²) in [5.74, 6) is 0. The number of hydrogen-bond acceptors (Lipinski definition) is 6. The van der Waals surface area contributed by atoms with E-state index in [1.807, 2.05) is 12.1 Å². The van der Waals surface area contributed by atoms with Crippen LogP contribution in [0.15, 0.2) is 116 Å². The smallest absolute Gasteiger partial charge is 0.567 e. The average Bonchev–Trinajstić information content (AvgIpc) is 3.44. The van der Waals surface area contributed by atoms with E-state index in [0.717, 1.165) is 0 Å². The van der Waals surface area contributed by atoms with Crippen LogP contribution in [0.25, 0.3) is 20.8 Å². The number of rotatable bonds is 8. The van der Waals surface area contributed by atoms with Crippen molar-refractivity contribution in [2.24, 2.45) is 14.1 Å². The Kier molecular flexibility index (Phi) is 16.2. The van der Waals surface area contributed by atoms with Crippen LogP contribution in [0.4, 0.5) is 11.4 Å². The van der Waals surface area contributed by atoms with Crippen molar-refractivity contribution in [3.8, 4) is 11.4 Å². The molecule has 14 nitrogen and oxygen atoms in total. The molecule has 0 radical (unpaired) electrons. The fraction of sp³-hybridized carbons (Fsp3) is 0.118. The van der Waals surface area contributed by atoms with Crippen molar-refractivity contribution >= 4 is 77.8 Å². The van der Waals surface area contributed by atoms with Gasteiger partial charge in [-0.2, -0.15) is 0 Å². The number of para-hydroxylation sites is 2.